The topological polar surface area (TPSA) is 25.2 Å². The third-order valence-electron chi connectivity index (χ3n) is 3.75. The summed E-state index contributed by atoms with van der Waals surface area (Å²) in [7, 11) is 0. The minimum Gasteiger partial charge on any atom is -0.472 e. The first kappa shape index (κ1) is 10.7. The number of hydrogen-bond donors (Lipinski definition) is 1. The lowest BCUT2D eigenvalue weighted by atomic mass is 9.87. The minimum atomic E-state index is 0.395. The van der Waals surface area contributed by atoms with Gasteiger partial charge in [0.2, 0.25) is 0 Å². The van der Waals surface area contributed by atoms with Gasteiger partial charge in [0, 0.05) is 17.6 Å². The molecule has 1 N–H and O–H groups in total. The largest absolute Gasteiger partial charge is 0.472 e. The zero-order valence-electron chi connectivity index (χ0n) is 9.92. The number of hydrogen-bond acceptors (Lipinski definition) is 2. The van der Waals surface area contributed by atoms with E-state index in [-0.39, 0.29) is 0 Å². The third-order valence-corrected chi connectivity index (χ3v) is 3.75. The van der Waals surface area contributed by atoms with E-state index in [2.05, 4.69) is 26.1 Å². The molecular weight excluding hydrogens is 186 g/mol. The molecule has 0 spiro atoms. The van der Waals surface area contributed by atoms with Gasteiger partial charge in [-0.25, -0.2) is 0 Å². The summed E-state index contributed by atoms with van der Waals surface area (Å²) in [5.41, 5.74) is 1.69. The van der Waals surface area contributed by atoms with Crippen molar-refractivity contribution in [2.24, 2.45) is 5.41 Å². The molecule has 1 heterocycles. The van der Waals surface area contributed by atoms with E-state index in [9.17, 15) is 0 Å². The summed E-state index contributed by atoms with van der Waals surface area (Å²) >= 11 is 0. The molecule has 2 atom stereocenters. The number of nitrogens with one attached hydrogen (secondary N) is 1. The maximum Gasteiger partial charge on any atom is 0.0950 e. The van der Waals surface area contributed by atoms with Crippen LogP contribution in [-0.2, 0) is 0 Å². The predicted molar refractivity (Wildman–Crippen MR) is 61.7 cm³/mol. The number of furan rings is 1. The Hall–Kier alpha value is -0.760. The van der Waals surface area contributed by atoms with Gasteiger partial charge in [0.15, 0.2) is 0 Å². The van der Waals surface area contributed by atoms with E-state index in [1.54, 1.807) is 6.26 Å². The Morgan fingerprint density at radius 2 is 2.33 bits per heavy atom. The van der Waals surface area contributed by atoms with Gasteiger partial charge in [-0.3, -0.25) is 0 Å². The van der Waals surface area contributed by atoms with Gasteiger partial charge in [0.25, 0.3) is 0 Å². The first-order valence-electron chi connectivity index (χ1n) is 5.88. The molecule has 0 bridgehead atoms. The first-order chi connectivity index (χ1) is 7.09. The molecule has 2 nitrogen and oxygen atoms in total. The summed E-state index contributed by atoms with van der Waals surface area (Å²) in [4.78, 5) is 0. The second kappa shape index (κ2) is 4.01. The summed E-state index contributed by atoms with van der Waals surface area (Å²) in [6.07, 6.45) is 7.56. The average Bonchev–Trinajstić information content (AvgIpc) is 2.76. The zero-order valence-corrected chi connectivity index (χ0v) is 9.92. The molecule has 1 aliphatic carbocycles. The lowest BCUT2D eigenvalue weighted by molar-refractivity contribution is 0.266. The van der Waals surface area contributed by atoms with Crippen LogP contribution >= 0.6 is 0 Å². The molecule has 0 amide bonds. The monoisotopic (exact) mass is 207 g/mol. The second-order valence-electron chi connectivity index (χ2n) is 5.38. The van der Waals surface area contributed by atoms with Crippen LogP contribution in [0.25, 0.3) is 0 Å². The van der Waals surface area contributed by atoms with Gasteiger partial charge >= 0.3 is 0 Å². The van der Waals surface area contributed by atoms with Gasteiger partial charge < -0.3 is 9.73 Å². The Bertz CT molecular complexity index is 302. The Labute approximate surface area is 92.1 Å². The summed E-state index contributed by atoms with van der Waals surface area (Å²) in [5, 5.41) is 3.71. The molecule has 84 valence electrons. The maximum atomic E-state index is 5.11. The van der Waals surface area contributed by atoms with Crippen molar-refractivity contribution in [3.05, 3.63) is 24.2 Å². The summed E-state index contributed by atoms with van der Waals surface area (Å²) in [5.74, 6) is 0. The van der Waals surface area contributed by atoms with Crippen molar-refractivity contribution < 1.29 is 4.42 Å². The van der Waals surface area contributed by atoms with E-state index in [0.29, 0.717) is 17.5 Å². The molecule has 0 saturated heterocycles. The molecule has 2 heteroatoms. The zero-order chi connectivity index (χ0) is 10.9. The molecule has 1 aromatic heterocycles. The standard InChI is InChI=1S/C13H21NO/c1-10(11-6-8-15-9-11)14-12-5-4-7-13(12,2)3/h6,8-10,12,14H,4-5,7H2,1-3H3. The molecule has 1 aliphatic rings. The Kier molecular flexibility index (Phi) is 2.87. The molecule has 1 saturated carbocycles. The fraction of sp³-hybridized carbons (Fsp3) is 0.692. The Morgan fingerprint density at radius 3 is 2.87 bits per heavy atom. The van der Waals surface area contributed by atoms with Gasteiger partial charge in [-0.2, -0.15) is 0 Å². The molecule has 1 aromatic rings. The lowest BCUT2D eigenvalue weighted by Gasteiger charge is -2.30. The van der Waals surface area contributed by atoms with Crippen LogP contribution in [-0.4, -0.2) is 6.04 Å². The van der Waals surface area contributed by atoms with Crippen LogP contribution < -0.4 is 5.32 Å². The van der Waals surface area contributed by atoms with Crippen LogP contribution in [0.5, 0.6) is 0 Å². The van der Waals surface area contributed by atoms with E-state index in [1.807, 2.05) is 12.3 Å². The van der Waals surface area contributed by atoms with Crippen molar-refractivity contribution in [1.82, 2.24) is 5.32 Å². The molecule has 0 radical (unpaired) electrons. The van der Waals surface area contributed by atoms with Crippen LogP contribution in [0.2, 0.25) is 0 Å². The summed E-state index contributed by atoms with van der Waals surface area (Å²) in [6, 6.07) is 3.08. The highest BCUT2D eigenvalue weighted by Crippen LogP contribution is 2.38. The van der Waals surface area contributed by atoms with Crippen molar-refractivity contribution in [3.63, 3.8) is 0 Å². The van der Waals surface area contributed by atoms with E-state index in [4.69, 9.17) is 4.42 Å². The average molecular weight is 207 g/mol. The molecular formula is C13H21NO. The molecule has 0 aromatic carbocycles. The Balaban J connectivity index is 1.97. The molecule has 1 fully saturated rings. The van der Waals surface area contributed by atoms with Gasteiger partial charge in [0.1, 0.15) is 0 Å². The Morgan fingerprint density at radius 1 is 1.53 bits per heavy atom. The molecule has 15 heavy (non-hydrogen) atoms. The predicted octanol–water partition coefficient (Wildman–Crippen LogP) is 3.51. The lowest BCUT2D eigenvalue weighted by Crippen LogP contribution is -2.39. The van der Waals surface area contributed by atoms with Crippen LogP contribution in [0.4, 0.5) is 0 Å². The smallest absolute Gasteiger partial charge is 0.0950 e. The van der Waals surface area contributed by atoms with Gasteiger partial charge in [-0.1, -0.05) is 20.3 Å². The van der Waals surface area contributed by atoms with Gasteiger partial charge in [-0.05, 0) is 31.2 Å². The highest BCUT2D eigenvalue weighted by Gasteiger charge is 2.34. The van der Waals surface area contributed by atoms with E-state index in [1.165, 1.54) is 24.8 Å². The van der Waals surface area contributed by atoms with Crippen LogP contribution in [0.1, 0.15) is 51.6 Å². The van der Waals surface area contributed by atoms with Crippen molar-refractivity contribution in [2.75, 3.05) is 0 Å². The first-order valence-corrected chi connectivity index (χ1v) is 5.88. The van der Waals surface area contributed by atoms with E-state index >= 15 is 0 Å². The van der Waals surface area contributed by atoms with Crippen LogP contribution in [0.15, 0.2) is 23.0 Å². The van der Waals surface area contributed by atoms with Crippen molar-refractivity contribution in [2.45, 2.75) is 52.1 Å². The SMILES string of the molecule is CC(NC1CCCC1(C)C)c1ccoc1. The highest BCUT2D eigenvalue weighted by atomic mass is 16.3. The van der Waals surface area contributed by atoms with E-state index < -0.39 is 0 Å². The van der Waals surface area contributed by atoms with Gasteiger partial charge in [-0.15, -0.1) is 0 Å². The van der Waals surface area contributed by atoms with Crippen molar-refractivity contribution in [3.8, 4) is 0 Å². The fourth-order valence-corrected chi connectivity index (χ4v) is 2.56. The van der Waals surface area contributed by atoms with Crippen molar-refractivity contribution in [1.29, 1.82) is 0 Å². The molecule has 0 aliphatic heterocycles. The van der Waals surface area contributed by atoms with Crippen LogP contribution in [0.3, 0.4) is 0 Å². The fourth-order valence-electron chi connectivity index (χ4n) is 2.56. The van der Waals surface area contributed by atoms with Crippen LogP contribution in [0, 0.1) is 5.41 Å². The highest BCUT2D eigenvalue weighted by molar-refractivity contribution is 5.11. The quantitative estimate of drug-likeness (QED) is 0.820. The number of rotatable bonds is 3. The summed E-state index contributed by atoms with van der Waals surface area (Å²) < 4.78 is 5.11. The van der Waals surface area contributed by atoms with E-state index in [0.717, 1.165) is 0 Å². The molecule has 2 unspecified atom stereocenters. The third kappa shape index (κ3) is 2.25. The second-order valence-corrected chi connectivity index (χ2v) is 5.38. The molecule has 2 rings (SSSR count). The summed E-state index contributed by atoms with van der Waals surface area (Å²) in [6.45, 7) is 6.93. The normalized spacial score (nSPS) is 26.7. The maximum absolute atomic E-state index is 5.11. The minimum absolute atomic E-state index is 0.395. The van der Waals surface area contributed by atoms with Crippen molar-refractivity contribution >= 4 is 0 Å². The van der Waals surface area contributed by atoms with Gasteiger partial charge in [0.05, 0.1) is 12.5 Å².